The first-order chi connectivity index (χ1) is 8.59. The Bertz CT molecular complexity index is 378. The lowest BCUT2D eigenvalue weighted by atomic mass is 9.71. The number of esters is 1. The Balaban J connectivity index is 1.83. The van der Waals surface area contributed by atoms with E-state index < -0.39 is 0 Å². The number of ether oxygens (including phenoxy) is 1. The van der Waals surface area contributed by atoms with Crippen LogP contribution >= 0.6 is 0 Å². The highest BCUT2D eigenvalue weighted by atomic mass is 16.6. The lowest BCUT2D eigenvalue weighted by Gasteiger charge is -2.41. The predicted octanol–water partition coefficient (Wildman–Crippen LogP) is 2.29. The number of hydrogen-bond donors (Lipinski definition) is 1. The molecular formula is C15H22O3. The van der Waals surface area contributed by atoms with E-state index in [0.717, 1.165) is 25.7 Å². The molecule has 3 saturated carbocycles. The third kappa shape index (κ3) is 1.56. The van der Waals surface area contributed by atoms with Crippen molar-refractivity contribution in [2.45, 2.75) is 50.7 Å². The maximum Gasteiger partial charge on any atom is 0.330 e. The van der Waals surface area contributed by atoms with E-state index in [-0.39, 0.29) is 17.7 Å². The molecule has 0 heterocycles. The van der Waals surface area contributed by atoms with E-state index >= 15 is 0 Å². The van der Waals surface area contributed by atoms with Crippen molar-refractivity contribution in [3.63, 3.8) is 0 Å². The monoisotopic (exact) mass is 250 g/mol. The molecule has 3 nitrogen and oxygen atoms in total. The second kappa shape index (κ2) is 4.09. The minimum absolute atomic E-state index is 0.131. The van der Waals surface area contributed by atoms with E-state index in [0.29, 0.717) is 23.7 Å². The molecule has 1 N–H and O–H groups in total. The highest BCUT2D eigenvalue weighted by molar-refractivity contribution is 5.81. The molecule has 3 fully saturated rings. The molecule has 6 atom stereocenters. The number of aliphatic hydroxyl groups is 1. The molecule has 0 amide bonds. The number of aliphatic hydroxyl groups excluding tert-OH is 1. The zero-order valence-corrected chi connectivity index (χ0v) is 11.0. The van der Waals surface area contributed by atoms with Gasteiger partial charge in [0.15, 0.2) is 0 Å². The number of carbonyl (C=O) groups excluding carboxylic acids is 1. The van der Waals surface area contributed by atoms with Crippen molar-refractivity contribution >= 4 is 5.97 Å². The van der Waals surface area contributed by atoms with Gasteiger partial charge >= 0.3 is 5.97 Å². The van der Waals surface area contributed by atoms with E-state index in [1.165, 1.54) is 12.5 Å². The third-order valence-electron chi connectivity index (χ3n) is 5.67. The van der Waals surface area contributed by atoms with Gasteiger partial charge < -0.3 is 9.84 Å². The topological polar surface area (TPSA) is 46.5 Å². The Morgan fingerprint density at radius 3 is 2.83 bits per heavy atom. The molecule has 6 unspecified atom stereocenters. The van der Waals surface area contributed by atoms with Gasteiger partial charge in [-0.2, -0.15) is 0 Å². The van der Waals surface area contributed by atoms with Gasteiger partial charge in [0.05, 0.1) is 6.10 Å². The van der Waals surface area contributed by atoms with Crippen molar-refractivity contribution in [2.24, 2.45) is 23.7 Å². The highest BCUT2D eigenvalue weighted by Crippen LogP contribution is 2.64. The number of hydrogen-bond acceptors (Lipinski definition) is 3. The number of fused-ring (bicyclic) bond motifs is 5. The maximum absolute atomic E-state index is 11.6. The smallest absolute Gasteiger partial charge is 0.330 e. The lowest BCUT2D eigenvalue weighted by molar-refractivity contribution is -0.164. The zero-order valence-electron chi connectivity index (χ0n) is 11.0. The Morgan fingerprint density at radius 2 is 2.17 bits per heavy atom. The van der Waals surface area contributed by atoms with E-state index in [9.17, 15) is 9.90 Å². The fourth-order valence-electron chi connectivity index (χ4n) is 5.03. The predicted molar refractivity (Wildman–Crippen MR) is 67.7 cm³/mol. The Hall–Kier alpha value is -0.830. The Kier molecular flexibility index (Phi) is 2.77. The van der Waals surface area contributed by atoms with Gasteiger partial charge in [0.25, 0.3) is 0 Å². The van der Waals surface area contributed by atoms with Gasteiger partial charge in [-0.3, -0.25) is 0 Å². The number of rotatable bonds is 3. The Morgan fingerprint density at radius 1 is 1.44 bits per heavy atom. The zero-order chi connectivity index (χ0) is 12.9. The van der Waals surface area contributed by atoms with Crippen LogP contribution in [-0.4, -0.2) is 22.8 Å². The van der Waals surface area contributed by atoms with Crippen molar-refractivity contribution in [1.82, 2.24) is 0 Å². The summed E-state index contributed by atoms with van der Waals surface area (Å²) in [5.41, 5.74) is -0.277. The van der Waals surface area contributed by atoms with Crippen LogP contribution in [0.2, 0.25) is 0 Å². The fourth-order valence-corrected chi connectivity index (χ4v) is 5.03. The molecule has 100 valence electrons. The minimum Gasteiger partial charge on any atom is -0.456 e. The van der Waals surface area contributed by atoms with E-state index in [1.807, 2.05) is 0 Å². The van der Waals surface area contributed by atoms with Crippen LogP contribution in [-0.2, 0) is 9.53 Å². The van der Waals surface area contributed by atoms with Crippen LogP contribution in [0.25, 0.3) is 0 Å². The Labute approximate surface area is 108 Å². The summed E-state index contributed by atoms with van der Waals surface area (Å²) in [4.78, 5) is 11.6. The lowest BCUT2D eigenvalue weighted by Crippen LogP contribution is -2.44. The minimum atomic E-state index is -0.292. The first-order valence-corrected chi connectivity index (χ1v) is 7.13. The molecule has 0 aromatic rings. The summed E-state index contributed by atoms with van der Waals surface area (Å²) in [5, 5.41) is 9.85. The molecule has 0 spiro atoms. The molecule has 0 aromatic heterocycles. The van der Waals surface area contributed by atoms with Crippen LogP contribution in [0, 0.1) is 23.7 Å². The fraction of sp³-hybridized carbons (Fsp3) is 0.800. The molecule has 0 radical (unpaired) electrons. The third-order valence-corrected chi connectivity index (χ3v) is 5.67. The molecule has 3 aliphatic carbocycles. The molecule has 18 heavy (non-hydrogen) atoms. The van der Waals surface area contributed by atoms with Gasteiger partial charge in [-0.15, -0.1) is 0 Å². The summed E-state index contributed by atoms with van der Waals surface area (Å²) in [6.45, 7) is 5.60. The summed E-state index contributed by atoms with van der Waals surface area (Å²) in [6, 6.07) is 0. The quantitative estimate of drug-likeness (QED) is 0.617. The number of carbonyl (C=O) groups is 1. The maximum atomic E-state index is 11.6. The van der Waals surface area contributed by atoms with Gasteiger partial charge in [0, 0.05) is 12.0 Å². The molecule has 0 aliphatic heterocycles. The molecule has 0 saturated heterocycles. The second-order valence-electron chi connectivity index (χ2n) is 6.30. The van der Waals surface area contributed by atoms with E-state index in [2.05, 4.69) is 13.5 Å². The normalized spacial score (nSPS) is 49.1. The van der Waals surface area contributed by atoms with Crippen molar-refractivity contribution in [3.8, 4) is 0 Å². The summed E-state index contributed by atoms with van der Waals surface area (Å²) in [6.07, 6.45) is 6.05. The van der Waals surface area contributed by atoms with Crippen molar-refractivity contribution in [3.05, 3.63) is 12.7 Å². The summed E-state index contributed by atoms with van der Waals surface area (Å²) < 4.78 is 5.74. The van der Waals surface area contributed by atoms with Gasteiger partial charge in [0.2, 0.25) is 0 Å². The first kappa shape index (κ1) is 12.2. The second-order valence-corrected chi connectivity index (χ2v) is 6.30. The van der Waals surface area contributed by atoms with Crippen molar-refractivity contribution < 1.29 is 14.6 Å². The van der Waals surface area contributed by atoms with Crippen LogP contribution in [0.1, 0.15) is 39.0 Å². The molecule has 3 rings (SSSR count). The van der Waals surface area contributed by atoms with Crippen LogP contribution in [0.4, 0.5) is 0 Å². The molecule has 2 bridgehead atoms. The largest absolute Gasteiger partial charge is 0.456 e. The first-order valence-electron chi connectivity index (χ1n) is 7.13. The summed E-state index contributed by atoms with van der Waals surface area (Å²) in [7, 11) is 0. The molecule has 3 heteroatoms. The van der Waals surface area contributed by atoms with Crippen LogP contribution in [0.5, 0.6) is 0 Å². The van der Waals surface area contributed by atoms with Crippen LogP contribution in [0.3, 0.4) is 0 Å². The standard InChI is InChI=1S/C15H22O3/c1-3-14(17)18-15(4-2)8-9-5-13(15)12-7-10(16)6-11(9)12/h3,9-13,16H,1,4-8H2,2H3. The highest BCUT2D eigenvalue weighted by Gasteiger charge is 2.63. The van der Waals surface area contributed by atoms with Gasteiger partial charge in [0.1, 0.15) is 5.60 Å². The average molecular weight is 250 g/mol. The average Bonchev–Trinajstić information content (AvgIpc) is 2.98. The van der Waals surface area contributed by atoms with E-state index in [1.54, 1.807) is 0 Å². The van der Waals surface area contributed by atoms with Gasteiger partial charge in [-0.1, -0.05) is 13.5 Å². The SMILES string of the molecule is C=CC(=O)OC1(CC)CC2CC1C1CC(O)CC21. The molecule has 3 aliphatic rings. The van der Waals surface area contributed by atoms with Crippen molar-refractivity contribution in [2.75, 3.05) is 0 Å². The van der Waals surface area contributed by atoms with Crippen LogP contribution in [0.15, 0.2) is 12.7 Å². The molecule has 0 aromatic carbocycles. The van der Waals surface area contributed by atoms with Crippen LogP contribution < -0.4 is 0 Å². The van der Waals surface area contributed by atoms with Crippen molar-refractivity contribution in [1.29, 1.82) is 0 Å². The van der Waals surface area contributed by atoms with E-state index in [4.69, 9.17) is 4.74 Å². The van der Waals surface area contributed by atoms with Gasteiger partial charge in [-0.05, 0) is 49.9 Å². The summed E-state index contributed by atoms with van der Waals surface area (Å²) >= 11 is 0. The molecular weight excluding hydrogens is 228 g/mol. The van der Waals surface area contributed by atoms with Gasteiger partial charge in [-0.25, -0.2) is 4.79 Å². The summed E-state index contributed by atoms with van der Waals surface area (Å²) in [5.74, 6) is 2.05.